The van der Waals surface area contributed by atoms with E-state index < -0.39 is 11.8 Å². The van der Waals surface area contributed by atoms with Crippen LogP contribution in [0.3, 0.4) is 0 Å². The third kappa shape index (κ3) is 6.05. The Morgan fingerprint density at radius 3 is 2.44 bits per heavy atom. The maximum Gasteiger partial charge on any atom is 0.345 e. The first-order valence-corrected chi connectivity index (χ1v) is 5.67. The fraction of sp³-hybridized carbons (Fsp3) is 0.909. The van der Waals surface area contributed by atoms with E-state index in [0.29, 0.717) is 6.42 Å². The van der Waals surface area contributed by atoms with E-state index in [9.17, 15) is 4.79 Å². The Balaban J connectivity index is 4.00. The van der Waals surface area contributed by atoms with Crippen molar-refractivity contribution >= 4 is 5.97 Å². The van der Waals surface area contributed by atoms with Crippen LogP contribution in [0.25, 0.3) is 0 Å². The van der Waals surface area contributed by atoms with Gasteiger partial charge in [-0.2, -0.15) is 4.89 Å². The smallest absolute Gasteiger partial charge is 0.295 e. The lowest BCUT2D eigenvalue weighted by Gasteiger charge is -2.23. The van der Waals surface area contributed by atoms with Gasteiger partial charge < -0.3 is 0 Å². The summed E-state index contributed by atoms with van der Waals surface area (Å²) in [6.45, 7) is 6.98. The summed E-state index contributed by atoms with van der Waals surface area (Å²) in [6.07, 6.45) is 3.34. The maximum atomic E-state index is 11.2. The second-order valence-corrected chi connectivity index (χ2v) is 4.32. The highest BCUT2D eigenvalue weighted by molar-refractivity contribution is 5.70. The van der Waals surface area contributed by atoms with Crippen LogP contribution in [0.5, 0.6) is 0 Å². The van der Waals surface area contributed by atoms with E-state index in [1.165, 1.54) is 6.92 Å². The zero-order valence-corrected chi connectivity index (χ0v) is 10.5. The molecule has 0 saturated carbocycles. The molecule has 0 aromatic rings. The van der Waals surface area contributed by atoms with Crippen molar-refractivity contribution < 1.29 is 24.7 Å². The van der Waals surface area contributed by atoms with Crippen LogP contribution in [0.15, 0.2) is 0 Å². The summed E-state index contributed by atoms with van der Waals surface area (Å²) in [5.74, 6) is -2.04. The van der Waals surface area contributed by atoms with Crippen LogP contribution >= 0.6 is 0 Å². The molecule has 16 heavy (non-hydrogen) atoms. The molecule has 5 nitrogen and oxygen atoms in total. The van der Waals surface area contributed by atoms with Crippen LogP contribution in [-0.4, -0.2) is 17.0 Å². The molecule has 0 amide bonds. The molecule has 0 spiro atoms. The van der Waals surface area contributed by atoms with Gasteiger partial charge in [-0.3, -0.25) is 4.89 Å². The third-order valence-electron chi connectivity index (χ3n) is 2.20. The number of rotatable bonds is 8. The molecule has 0 saturated heterocycles. The van der Waals surface area contributed by atoms with Crippen molar-refractivity contribution in [3.05, 3.63) is 0 Å². The lowest BCUT2D eigenvalue weighted by Crippen LogP contribution is -2.33. The van der Waals surface area contributed by atoms with Gasteiger partial charge in [0.25, 0.3) is 0 Å². The second kappa shape index (κ2) is 7.60. The molecule has 0 fully saturated rings. The van der Waals surface area contributed by atoms with Crippen molar-refractivity contribution in [3.8, 4) is 0 Å². The Morgan fingerprint density at radius 2 is 2.00 bits per heavy atom. The van der Waals surface area contributed by atoms with Crippen molar-refractivity contribution in [3.63, 3.8) is 0 Å². The first-order valence-electron chi connectivity index (χ1n) is 5.67. The summed E-state index contributed by atoms with van der Waals surface area (Å²) in [7, 11) is 0. The zero-order valence-electron chi connectivity index (χ0n) is 10.5. The van der Waals surface area contributed by atoms with Crippen LogP contribution in [0.4, 0.5) is 0 Å². The number of hydrogen-bond donors (Lipinski definition) is 1. The van der Waals surface area contributed by atoms with Gasteiger partial charge in [0.15, 0.2) is 0 Å². The van der Waals surface area contributed by atoms with Crippen LogP contribution in [0.1, 0.15) is 53.4 Å². The Kier molecular flexibility index (Phi) is 7.29. The van der Waals surface area contributed by atoms with Crippen LogP contribution in [-0.2, 0) is 19.5 Å². The first-order chi connectivity index (χ1) is 7.45. The highest BCUT2D eigenvalue weighted by atomic mass is 17.3. The minimum absolute atomic E-state index is 0.279. The van der Waals surface area contributed by atoms with Crippen molar-refractivity contribution in [2.75, 3.05) is 0 Å². The van der Waals surface area contributed by atoms with Crippen molar-refractivity contribution in [1.82, 2.24) is 0 Å². The van der Waals surface area contributed by atoms with Crippen molar-refractivity contribution in [2.45, 2.75) is 59.2 Å². The predicted octanol–water partition coefficient (Wildman–Crippen LogP) is 2.90. The quantitative estimate of drug-likeness (QED) is 0.303. The minimum atomic E-state index is -1.28. The molecule has 0 bridgehead atoms. The molecule has 1 unspecified atom stereocenters. The molecule has 0 radical (unpaired) electrons. The number of hydrogen-bond acceptors (Lipinski definition) is 5. The van der Waals surface area contributed by atoms with E-state index in [1.807, 2.05) is 0 Å². The SMILES string of the molecule is CCCCCC(C)(OO)OOC(=O)C(C)C. The maximum absolute atomic E-state index is 11.2. The molecule has 0 aliphatic heterocycles. The molecule has 0 aromatic heterocycles. The molecular formula is C11H22O5. The lowest BCUT2D eigenvalue weighted by molar-refractivity contribution is -0.480. The lowest BCUT2D eigenvalue weighted by atomic mass is 10.1. The number of carbonyl (C=O) groups excluding carboxylic acids is 1. The van der Waals surface area contributed by atoms with Gasteiger partial charge in [-0.25, -0.2) is 10.1 Å². The molecule has 0 aliphatic rings. The van der Waals surface area contributed by atoms with Crippen molar-refractivity contribution in [2.24, 2.45) is 5.92 Å². The van der Waals surface area contributed by atoms with Gasteiger partial charge in [0.1, 0.15) is 0 Å². The number of unbranched alkanes of at least 4 members (excludes halogenated alkanes) is 2. The summed E-state index contributed by atoms with van der Waals surface area (Å²) in [6, 6.07) is 0. The molecule has 1 N–H and O–H groups in total. The topological polar surface area (TPSA) is 65.0 Å². The van der Waals surface area contributed by atoms with Gasteiger partial charge in [-0.1, -0.05) is 33.6 Å². The van der Waals surface area contributed by atoms with E-state index in [2.05, 4.69) is 16.7 Å². The van der Waals surface area contributed by atoms with E-state index in [0.717, 1.165) is 19.3 Å². The zero-order chi connectivity index (χ0) is 12.6. The minimum Gasteiger partial charge on any atom is -0.295 e. The summed E-state index contributed by atoms with van der Waals surface area (Å²) in [5, 5.41) is 8.72. The van der Waals surface area contributed by atoms with E-state index in [1.54, 1.807) is 13.8 Å². The van der Waals surface area contributed by atoms with Gasteiger partial charge in [-0.15, -0.1) is 4.89 Å². The molecule has 0 heterocycles. The Hall–Kier alpha value is -0.650. The molecule has 0 aliphatic carbocycles. The fourth-order valence-corrected chi connectivity index (χ4v) is 1.02. The van der Waals surface area contributed by atoms with Gasteiger partial charge in [0.2, 0.25) is 5.79 Å². The fourth-order valence-electron chi connectivity index (χ4n) is 1.02. The largest absolute Gasteiger partial charge is 0.345 e. The van der Waals surface area contributed by atoms with E-state index in [4.69, 9.17) is 10.1 Å². The summed E-state index contributed by atoms with van der Waals surface area (Å²) in [4.78, 5) is 24.8. The molecule has 96 valence electrons. The van der Waals surface area contributed by atoms with Gasteiger partial charge in [0.05, 0.1) is 5.92 Å². The number of carbonyl (C=O) groups is 1. The Labute approximate surface area is 96.5 Å². The third-order valence-corrected chi connectivity index (χ3v) is 2.20. The second-order valence-electron chi connectivity index (χ2n) is 4.32. The first kappa shape index (κ1) is 15.3. The Morgan fingerprint density at radius 1 is 1.38 bits per heavy atom. The predicted molar refractivity (Wildman–Crippen MR) is 58.3 cm³/mol. The average Bonchev–Trinajstić information content (AvgIpc) is 2.26. The van der Waals surface area contributed by atoms with Crippen molar-refractivity contribution in [1.29, 1.82) is 0 Å². The van der Waals surface area contributed by atoms with Gasteiger partial charge in [-0.05, 0) is 13.3 Å². The molecule has 1 atom stereocenters. The molecule has 5 heteroatoms. The van der Waals surface area contributed by atoms with E-state index >= 15 is 0 Å². The highest BCUT2D eigenvalue weighted by Gasteiger charge is 2.30. The molecular weight excluding hydrogens is 212 g/mol. The van der Waals surface area contributed by atoms with Crippen LogP contribution in [0, 0.1) is 5.92 Å². The molecule has 0 aromatic carbocycles. The Bertz CT molecular complexity index is 205. The summed E-state index contributed by atoms with van der Waals surface area (Å²) in [5.41, 5.74) is 0. The van der Waals surface area contributed by atoms with Gasteiger partial charge in [0, 0.05) is 6.42 Å². The van der Waals surface area contributed by atoms with Crippen LogP contribution < -0.4 is 0 Å². The van der Waals surface area contributed by atoms with Gasteiger partial charge >= 0.3 is 5.97 Å². The molecule has 0 rings (SSSR count). The van der Waals surface area contributed by atoms with E-state index in [-0.39, 0.29) is 5.92 Å². The van der Waals surface area contributed by atoms with Crippen LogP contribution in [0.2, 0.25) is 0 Å². The standard InChI is InChI=1S/C11H22O5/c1-5-6-7-8-11(4,15-13)16-14-10(12)9(2)3/h9,13H,5-8H2,1-4H3. The highest BCUT2D eigenvalue weighted by Crippen LogP contribution is 2.20. The summed E-state index contributed by atoms with van der Waals surface area (Å²) < 4.78 is 0. The normalized spacial score (nSPS) is 14.9. The summed E-state index contributed by atoms with van der Waals surface area (Å²) >= 11 is 0. The monoisotopic (exact) mass is 234 g/mol. The average molecular weight is 234 g/mol.